The predicted octanol–water partition coefficient (Wildman–Crippen LogP) is 1.43. The number of hydrazone groups is 1. The van der Waals surface area contributed by atoms with E-state index in [9.17, 15) is 9.59 Å². The van der Waals surface area contributed by atoms with Crippen molar-refractivity contribution in [3.05, 3.63) is 34.3 Å². The van der Waals surface area contributed by atoms with Gasteiger partial charge in [-0.25, -0.2) is 5.43 Å². The number of hydrogen-bond acceptors (Lipinski definition) is 3. The molecule has 1 heterocycles. The highest BCUT2D eigenvalue weighted by Gasteiger charge is 2.28. The molecule has 0 bridgehead atoms. The number of nitrogens with zero attached hydrogens (tertiary/aromatic N) is 1. The molecule has 2 amide bonds. The summed E-state index contributed by atoms with van der Waals surface area (Å²) in [4.78, 5) is 23.3. The summed E-state index contributed by atoms with van der Waals surface area (Å²) < 4.78 is 0.939. The molecule has 100 valence electrons. The molecule has 0 radical (unpaired) electrons. The average molecular weight is 324 g/mol. The van der Waals surface area contributed by atoms with Gasteiger partial charge in [0.2, 0.25) is 5.91 Å². The number of amides is 2. The molecule has 5 nitrogen and oxygen atoms in total. The zero-order valence-electron chi connectivity index (χ0n) is 10.2. The van der Waals surface area contributed by atoms with E-state index < -0.39 is 5.92 Å². The van der Waals surface area contributed by atoms with Crippen LogP contribution in [0.5, 0.6) is 0 Å². The van der Waals surface area contributed by atoms with Crippen molar-refractivity contribution in [2.45, 2.75) is 12.8 Å². The van der Waals surface area contributed by atoms with Gasteiger partial charge in [-0.3, -0.25) is 9.59 Å². The monoisotopic (exact) mass is 323 g/mol. The molecule has 2 rings (SSSR count). The highest BCUT2D eigenvalue weighted by atomic mass is 79.9. The fourth-order valence-corrected chi connectivity index (χ4v) is 2.27. The van der Waals surface area contributed by atoms with Crippen molar-refractivity contribution in [1.29, 1.82) is 0 Å². The molecule has 1 atom stereocenters. The fourth-order valence-electron chi connectivity index (χ4n) is 1.86. The molecule has 1 aliphatic rings. The molecule has 1 saturated heterocycles. The van der Waals surface area contributed by atoms with Crippen molar-refractivity contribution in [2.75, 3.05) is 6.54 Å². The number of carbonyl (C=O) groups is 2. The molecule has 0 aliphatic carbocycles. The number of rotatable bonds is 3. The molecule has 2 N–H and O–H groups in total. The Hall–Kier alpha value is -1.69. The quantitative estimate of drug-likeness (QED) is 0.502. The van der Waals surface area contributed by atoms with Crippen LogP contribution in [0.3, 0.4) is 0 Å². The Balaban J connectivity index is 1.91. The van der Waals surface area contributed by atoms with E-state index in [1.165, 1.54) is 0 Å². The Bertz CT molecular complexity index is 516. The highest BCUT2D eigenvalue weighted by Crippen LogP contribution is 2.11. The summed E-state index contributed by atoms with van der Waals surface area (Å²) in [5.41, 5.74) is 3.27. The Morgan fingerprint density at radius 2 is 2.37 bits per heavy atom. The second kappa shape index (κ2) is 6.47. The van der Waals surface area contributed by atoms with E-state index in [2.05, 4.69) is 31.8 Å². The van der Waals surface area contributed by atoms with Gasteiger partial charge in [0.25, 0.3) is 5.91 Å². The van der Waals surface area contributed by atoms with Crippen LogP contribution >= 0.6 is 15.9 Å². The van der Waals surface area contributed by atoms with E-state index in [1.807, 2.05) is 24.3 Å². The van der Waals surface area contributed by atoms with Gasteiger partial charge >= 0.3 is 0 Å². The lowest BCUT2D eigenvalue weighted by Crippen LogP contribution is -2.43. The lowest BCUT2D eigenvalue weighted by Gasteiger charge is -2.19. The summed E-state index contributed by atoms with van der Waals surface area (Å²) in [5, 5.41) is 6.54. The molecule has 1 fully saturated rings. The summed E-state index contributed by atoms with van der Waals surface area (Å²) in [6, 6.07) is 7.53. The summed E-state index contributed by atoms with van der Waals surface area (Å²) in [7, 11) is 0. The first-order valence-electron chi connectivity index (χ1n) is 6.03. The van der Waals surface area contributed by atoms with Gasteiger partial charge in [-0.1, -0.05) is 28.1 Å². The molecule has 1 aromatic rings. The number of carbonyl (C=O) groups excluding carboxylic acids is 2. The molecule has 0 spiro atoms. The zero-order chi connectivity index (χ0) is 13.7. The third-order valence-corrected chi connectivity index (χ3v) is 3.33. The lowest BCUT2D eigenvalue weighted by atomic mass is 9.98. The maximum Gasteiger partial charge on any atom is 0.252 e. The van der Waals surface area contributed by atoms with Crippen LogP contribution in [-0.4, -0.2) is 24.6 Å². The van der Waals surface area contributed by atoms with E-state index in [1.54, 1.807) is 6.21 Å². The maximum atomic E-state index is 11.8. The number of halogens is 1. The van der Waals surface area contributed by atoms with Crippen LogP contribution in [-0.2, 0) is 9.59 Å². The van der Waals surface area contributed by atoms with Crippen LogP contribution < -0.4 is 10.7 Å². The van der Waals surface area contributed by atoms with Crippen LogP contribution in [0.15, 0.2) is 33.8 Å². The van der Waals surface area contributed by atoms with Crippen molar-refractivity contribution in [3.8, 4) is 0 Å². The summed E-state index contributed by atoms with van der Waals surface area (Å²) in [6.07, 6.45) is 2.94. The SMILES string of the molecule is O=C1NCCCC1C(=O)NN=Cc1cccc(Br)c1. The van der Waals surface area contributed by atoms with E-state index in [0.29, 0.717) is 13.0 Å². The Morgan fingerprint density at radius 3 is 3.11 bits per heavy atom. The lowest BCUT2D eigenvalue weighted by molar-refractivity contribution is -0.136. The Kier molecular flexibility index (Phi) is 4.68. The van der Waals surface area contributed by atoms with E-state index in [4.69, 9.17) is 0 Å². The molecule has 0 saturated carbocycles. The Morgan fingerprint density at radius 1 is 1.53 bits per heavy atom. The van der Waals surface area contributed by atoms with E-state index in [-0.39, 0.29) is 11.8 Å². The Labute approximate surface area is 119 Å². The fraction of sp³-hybridized carbons (Fsp3) is 0.308. The van der Waals surface area contributed by atoms with Gasteiger partial charge < -0.3 is 5.32 Å². The second-order valence-corrected chi connectivity index (χ2v) is 5.19. The summed E-state index contributed by atoms with van der Waals surface area (Å²) in [6.45, 7) is 0.643. The largest absolute Gasteiger partial charge is 0.355 e. The van der Waals surface area contributed by atoms with Crippen LogP contribution in [0, 0.1) is 5.92 Å². The van der Waals surface area contributed by atoms with Crippen molar-refractivity contribution in [3.63, 3.8) is 0 Å². The first-order chi connectivity index (χ1) is 9.16. The zero-order valence-corrected chi connectivity index (χ0v) is 11.8. The predicted molar refractivity (Wildman–Crippen MR) is 75.6 cm³/mol. The van der Waals surface area contributed by atoms with Gasteiger partial charge in [-0.15, -0.1) is 0 Å². The van der Waals surface area contributed by atoms with Crippen molar-refractivity contribution >= 4 is 34.0 Å². The normalized spacial score (nSPS) is 19.2. The first kappa shape index (κ1) is 13.7. The van der Waals surface area contributed by atoms with Crippen molar-refractivity contribution < 1.29 is 9.59 Å². The molecular weight excluding hydrogens is 310 g/mol. The van der Waals surface area contributed by atoms with Gasteiger partial charge in [0.1, 0.15) is 5.92 Å². The third kappa shape index (κ3) is 3.89. The third-order valence-electron chi connectivity index (χ3n) is 2.84. The van der Waals surface area contributed by atoms with Gasteiger partial charge in [-0.05, 0) is 30.5 Å². The van der Waals surface area contributed by atoms with Gasteiger partial charge in [0.05, 0.1) is 6.21 Å². The standard InChI is InChI=1S/C13H14BrN3O2/c14-10-4-1-3-9(7-10)8-16-17-13(19)11-5-2-6-15-12(11)18/h1,3-4,7-8,11H,2,5-6H2,(H,15,18)(H,17,19). The van der Waals surface area contributed by atoms with Gasteiger partial charge in [0, 0.05) is 11.0 Å². The number of hydrogen-bond donors (Lipinski definition) is 2. The van der Waals surface area contributed by atoms with Crippen molar-refractivity contribution in [2.24, 2.45) is 11.0 Å². The molecule has 19 heavy (non-hydrogen) atoms. The molecule has 6 heteroatoms. The highest BCUT2D eigenvalue weighted by molar-refractivity contribution is 9.10. The second-order valence-electron chi connectivity index (χ2n) is 4.28. The molecule has 1 aromatic carbocycles. The maximum absolute atomic E-state index is 11.8. The molecule has 1 aliphatic heterocycles. The summed E-state index contributed by atoms with van der Waals surface area (Å²) in [5.74, 6) is -1.21. The van der Waals surface area contributed by atoms with E-state index in [0.717, 1.165) is 16.5 Å². The van der Waals surface area contributed by atoms with Crippen molar-refractivity contribution in [1.82, 2.24) is 10.7 Å². The smallest absolute Gasteiger partial charge is 0.252 e. The number of nitrogens with one attached hydrogen (secondary N) is 2. The van der Waals surface area contributed by atoms with Crippen LogP contribution in [0.2, 0.25) is 0 Å². The van der Waals surface area contributed by atoms with Crippen LogP contribution in [0.4, 0.5) is 0 Å². The van der Waals surface area contributed by atoms with Gasteiger partial charge in [-0.2, -0.15) is 5.10 Å². The minimum atomic E-state index is -0.631. The number of benzene rings is 1. The van der Waals surface area contributed by atoms with Crippen LogP contribution in [0.1, 0.15) is 18.4 Å². The van der Waals surface area contributed by atoms with E-state index >= 15 is 0 Å². The number of piperidine rings is 1. The summed E-state index contributed by atoms with van der Waals surface area (Å²) >= 11 is 3.35. The molecular formula is C13H14BrN3O2. The minimum Gasteiger partial charge on any atom is -0.355 e. The minimum absolute atomic E-state index is 0.221. The first-order valence-corrected chi connectivity index (χ1v) is 6.82. The average Bonchev–Trinajstić information content (AvgIpc) is 2.39. The van der Waals surface area contributed by atoms with Gasteiger partial charge in [0.15, 0.2) is 0 Å². The topological polar surface area (TPSA) is 70.6 Å². The molecule has 1 unspecified atom stereocenters. The molecule has 0 aromatic heterocycles. The van der Waals surface area contributed by atoms with Crippen LogP contribution in [0.25, 0.3) is 0 Å².